The molecule has 96 valence electrons. The zero-order valence-electron chi connectivity index (χ0n) is 10.9. The number of anilines is 2. The lowest BCUT2D eigenvalue weighted by molar-refractivity contribution is 0.121. The van der Waals surface area contributed by atoms with Crippen LogP contribution in [0.2, 0.25) is 0 Å². The van der Waals surface area contributed by atoms with Gasteiger partial charge in [0.2, 0.25) is 0 Å². The third kappa shape index (κ3) is 2.24. The third-order valence-corrected chi connectivity index (χ3v) is 3.36. The van der Waals surface area contributed by atoms with Gasteiger partial charge in [-0.05, 0) is 19.8 Å². The molecule has 0 spiro atoms. The zero-order valence-corrected chi connectivity index (χ0v) is 10.9. The molecule has 0 aliphatic carbocycles. The van der Waals surface area contributed by atoms with Gasteiger partial charge in [0.1, 0.15) is 0 Å². The van der Waals surface area contributed by atoms with Crippen molar-refractivity contribution in [1.29, 1.82) is 0 Å². The van der Waals surface area contributed by atoms with Crippen molar-refractivity contribution >= 4 is 11.5 Å². The van der Waals surface area contributed by atoms with E-state index in [-0.39, 0.29) is 0 Å². The highest BCUT2D eigenvalue weighted by Gasteiger charge is 2.27. The quantitative estimate of drug-likeness (QED) is 0.861. The van der Waals surface area contributed by atoms with Gasteiger partial charge in [-0.25, -0.2) is 4.68 Å². The van der Waals surface area contributed by atoms with Gasteiger partial charge in [-0.2, -0.15) is 5.10 Å². The molecule has 1 fully saturated rings. The van der Waals surface area contributed by atoms with E-state index >= 15 is 0 Å². The average Bonchev–Trinajstić information content (AvgIpc) is 2.86. The van der Waals surface area contributed by atoms with Crippen molar-refractivity contribution in [2.45, 2.75) is 39.3 Å². The molecule has 0 bridgehead atoms. The van der Waals surface area contributed by atoms with Crippen LogP contribution >= 0.6 is 0 Å². The molecule has 2 heterocycles. The number of ether oxygens (including phenoxy) is 1. The lowest BCUT2D eigenvalue weighted by Gasteiger charge is -2.20. The molecule has 2 N–H and O–H groups in total. The van der Waals surface area contributed by atoms with Crippen LogP contribution in [0.15, 0.2) is 0 Å². The molecular formula is C12H22N4O. The number of rotatable bonds is 4. The first-order valence-corrected chi connectivity index (χ1v) is 6.28. The van der Waals surface area contributed by atoms with Gasteiger partial charge in [0.15, 0.2) is 5.82 Å². The summed E-state index contributed by atoms with van der Waals surface area (Å²) in [6, 6.07) is 0. The summed E-state index contributed by atoms with van der Waals surface area (Å²) < 4.78 is 7.43. The number of hydrogen-bond acceptors (Lipinski definition) is 4. The van der Waals surface area contributed by atoms with Crippen LogP contribution < -0.4 is 10.6 Å². The fourth-order valence-electron chi connectivity index (χ4n) is 2.40. The Morgan fingerprint density at radius 1 is 1.53 bits per heavy atom. The van der Waals surface area contributed by atoms with Crippen molar-refractivity contribution in [3.63, 3.8) is 0 Å². The first-order valence-electron chi connectivity index (χ1n) is 6.28. The van der Waals surface area contributed by atoms with E-state index in [9.17, 15) is 0 Å². The minimum atomic E-state index is 0.319. The normalized spacial score (nSPS) is 20.2. The Kier molecular flexibility index (Phi) is 3.57. The van der Waals surface area contributed by atoms with Gasteiger partial charge in [0.05, 0.1) is 17.5 Å². The minimum Gasteiger partial charge on any atom is -0.394 e. The number of methoxy groups -OCH3 is 1. The Bertz CT molecular complexity index is 388. The summed E-state index contributed by atoms with van der Waals surface area (Å²) in [7, 11) is 1.77. The molecule has 1 aliphatic rings. The smallest absolute Gasteiger partial charge is 0.150 e. The SMILES string of the molecule is CCCn1nc(C)c(N)c1N1CCC(OC)C1. The van der Waals surface area contributed by atoms with Crippen LogP contribution in [0, 0.1) is 6.92 Å². The molecule has 0 aromatic carbocycles. The van der Waals surface area contributed by atoms with E-state index in [0.29, 0.717) is 6.10 Å². The maximum absolute atomic E-state index is 6.13. The molecular weight excluding hydrogens is 216 g/mol. The largest absolute Gasteiger partial charge is 0.394 e. The van der Waals surface area contributed by atoms with E-state index in [1.807, 2.05) is 11.6 Å². The number of aryl methyl sites for hydroxylation is 2. The molecule has 17 heavy (non-hydrogen) atoms. The van der Waals surface area contributed by atoms with Crippen LogP contribution in [0.25, 0.3) is 0 Å². The van der Waals surface area contributed by atoms with Crippen LogP contribution in [0.3, 0.4) is 0 Å². The Balaban J connectivity index is 2.24. The molecule has 2 rings (SSSR count). The van der Waals surface area contributed by atoms with Gasteiger partial charge in [0.25, 0.3) is 0 Å². The van der Waals surface area contributed by atoms with Gasteiger partial charge in [-0.15, -0.1) is 0 Å². The molecule has 1 atom stereocenters. The van der Waals surface area contributed by atoms with Crippen molar-refractivity contribution in [3.8, 4) is 0 Å². The Morgan fingerprint density at radius 3 is 2.88 bits per heavy atom. The number of nitrogen functional groups attached to an aromatic ring is 1. The summed E-state index contributed by atoms with van der Waals surface area (Å²) >= 11 is 0. The van der Waals surface area contributed by atoms with E-state index < -0.39 is 0 Å². The summed E-state index contributed by atoms with van der Waals surface area (Å²) in [5.74, 6) is 1.07. The lowest BCUT2D eigenvalue weighted by Crippen LogP contribution is -2.25. The molecule has 5 nitrogen and oxygen atoms in total. The molecule has 0 amide bonds. The van der Waals surface area contributed by atoms with Crippen LogP contribution in [0.4, 0.5) is 11.5 Å². The maximum Gasteiger partial charge on any atom is 0.150 e. The molecule has 0 saturated carbocycles. The summed E-state index contributed by atoms with van der Waals surface area (Å²) in [5, 5.41) is 4.50. The van der Waals surface area contributed by atoms with E-state index in [4.69, 9.17) is 10.5 Å². The zero-order chi connectivity index (χ0) is 12.4. The van der Waals surface area contributed by atoms with Crippen LogP contribution in [0.5, 0.6) is 0 Å². The molecule has 1 aliphatic heterocycles. The predicted octanol–water partition coefficient (Wildman–Crippen LogP) is 1.41. The number of hydrogen-bond donors (Lipinski definition) is 1. The highest BCUT2D eigenvalue weighted by molar-refractivity contribution is 5.66. The minimum absolute atomic E-state index is 0.319. The fraction of sp³-hybridized carbons (Fsp3) is 0.750. The molecule has 5 heteroatoms. The summed E-state index contributed by atoms with van der Waals surface area (Å²) in [6.45, 7) is 6.95. The molecule has 1 unspecified atom stereocenters. The topological polar surface area (TPSA) is 56.3 Å². The van der Waals surface area contributed by atoms with Gasteiger partial charge < -0.3 is 15.4 Å². The maximum atomic E-state index is 6.13. The van der Waals surface area contributed by atoms with E-state index in [1.54, 1.807) is 7.11 Å². The molecule has 0 radical (unpaired) electrons. The van der Waals surface area contributed by atoms with Crippen molar-refractivity contribution < 1.29 is 4.74 Å². The second kappa shape index (κ2) is 4.96. The summed E-state index contributed by atoms with van der Waals surface area (Å²) in [6.07, 6.45) is 2.45. The molecule has 1 aromatic heterocycles. The lowest BCUT2D eigenvalue weighted by atomic mass is 10.3. The predicted molar refractivity (Wildman–Crippen MR) is 69.3 cm³/mol. The summed E-state index contributed by atoms with van der Waals surface area (Å²) in [4.78, 5) is 2.29. The molecule has 1 aromatic rings. The third-order valence-electron chi connectivity index (χ3n) is 3.36. The van der Waals surface area contributed by atoms with Gasteiger partial charge in [-0.3, -0.25) is 0 Å². The highest BCUT2D eigenvalue weighted by Crippen LogP contribution is 2.30. The van der Waals surface area contributed by atoms with Crippen LogP contribution in [-0.2, 0) is 11.3 Å². The fourth-order valence-corrected chi connectivity index (χ4v) is 2.40. The first kappa shape index (κ1) is 12.2. The van der Waals surface area contributed by atoms with Crippen LogP contribution in [-0.4, -0.2) is 36.1 Å². The number of nitrogens with zero attached hydrogens (tertiary/aromatic N) is 3. The van der Waals surface area contributed by atoms with E-state index in [2.05, 4.69) is 16.9 Å². The van der Waals surface area contributed by atoms with E-state index in [1.165, 1.54) is 0 Å². The highest BCUT2D eigenvalue weighted by atomic mass is 16.5. The van der Waals surface area contributed by atoms with Crippen molar-refractivity contribution in [1.82, 2.24) is 9.78 Å². The Morgan fingerprint density at radius 2 is 2.29 bits per heavy atom. The molecule has 1 saturated heterocycles. The van der Waals surface area contributed by atoms with Gasteiger partial charge in [0, 0.05) is 26.7 Å². The standard InChI is InChI=1S/C12H22N4O/c1-4-6-16-12(11(13)9(2)14-16)15-7-5-10(8-15)17-3/h10H,4-8,13H2,1-3H3. The first-order chi connectivity index (χ1) is 8.17. The van der Waals surface area contributed by atoms with Crippen molar-refractivity contribution in [2.24, 2.45) is 0 Å². The van der Waals surface area contributed by atoms with Gasteiger partial charge in [-0.1, -0.05) is 6.92 Å². The number of nitrogens with two attached hydrogens (primary N) is 1. The second-order valence-corrected chi connectivity index (χ2v) is 4.64. The van der Waals surface area contributed by atoms with E-state index in [0.717, 1.165) is 49.7 Å². The second-order valence-electron chi connectivity index (χ2n) is 4.64. The van der Waals surface area contributed by atoms with Crippen LogP contribution in [0.1, 0.15) is 25.5 Å². The van der Waals surface area contributed by atoms with Gasteiger partial charge >= 0.3 is 0 Å². The summed E-state index contributed by atoms with van der Waals surface area (Å²) in [5.41, 5.74) is 7.87. The van der Waals surface area contributed by atoms with Crippen molar-refractivity contribution in [3.05, 3.63) is 5.69 Å². The Labute approximate surface area is 103 Å². The Hall–Kier alpha value is -1.23. The monoisotopic (exact) mass is 238 g/mol. The number of aromatic nitrogens is 2. The average molecular weight is 238 g/mol. The van der Waals surface area contributed by atoms with Crippen molar-refractivity contribution in [2.75, 3.05) is 30.8 Å².